The summed E-state index contributed by atoms with van der Waals surface area (Å²) in [5.41, 5.74) is 1.26. The molecule has 3 aromatic carbocycles. The Morgan fingerprint density at radius 1 is 0.846 bits per heavy atom. The van der Waals surface area contributed by atoms with Crippen molar-refractivity contribution in [2.75, 3.05) is 0 Å². The van der Waals surface area contributed by atoms with Gasteiger partial charge in [0.25, 0.3) is 0 Å². The summed E-state index contributed by atoms with van der Waals surface area (Å²) >= 11 is 0. The van der Waals surface area contributed by atoms with Gasteiger partial charge in [0.1, 0.15) is 17.2 Å². The van der Waals surface area contributed by atoms with Gasteiger partial charge in [-0.25, -0.2) is 0 Å². The quantitative estimate of drug-likeness (QED) is 0.549. The van der Waals surface area contributed by atoms with E-state index in [0.29, 0.717) is 14.3 Å². The molecule has 3 aromatic rings. The highest BCUT2D eigenvalue weighted by molar-refractivity contribution is 7.55. The van der Waals surface area contributed by atoms with Gasteiger partial charge >= 0.3 is 9.28 Å². The molecule has 1 atom stereocenters. The van der Waals surface area contributed by atoms with Crippen LogP contribution in [-0.4, -0.2) is 14.4 Å². The molecule has 1 unspecified atom stereocenters. The summed E-state index contributed by atoms with van der Waals surface area (Å²) in [7, 11) is -0.826. The summed E-state index contributed by atoms with van der Waals surface area (Å²) in [6.07, 6.45) is 0. The van der Waals surface area contributed by atoms with Crippen LogP contribution in [0.2, 0.25) is 6.04 Å². The van der Waals surface area contributed by atoms with E-state index in [1.807, 2.05) is 42.5 Å². The van der Waals surface area contributed by atoms with Crippen LogP contribution in [0.3, 0.4) is 0 Å². The fourth-order valence-corrected chi connectivity index (χ4v) is 4.86. The predicted octanol–water partition coefficient (Wildman–Crippen LogP) is 4.03. The Bertz CT molecular complexity index is 827. The molecule has 0 radical (unpaired) electrons. The van der Waals surface area contributed by atoms with Gasteiger partial charge in [0.05, 0.1) is 0 Å². The molecule has 3 nitrogen and oxygen atoms in total. The molecular weight excluding hydrogens is 359 g/mol. The van der Waals surface area contributed by atoms with Crippen LogP contribution in [-0.2, 0) is 0 Å². The van der Waals surface area contributed by atoms with E-state index in [1.165, 1.54) is 10.9 Å². The topological polar surface area (TPSA) is 38.7 Å². The Morgan fingerprint density at radius 2 is 1.42 bits per heavy atom. The molecule has 0 fully saturated rings. The maximum absolute atomic E-state index is 9.63. The van der Waals surface area contributed by atoms with Crippen LogP contribution in [0.4, 0.5) is 0 Å². The van der Waals surface area contributed by atoms with E-state index >= 15 is 0 Å². The Labute approximate surface area is 158 Å². The third-order valence-corrected chi connectivity index (χ3v) is 6.95. The molecule has 0 aliphatic carbocycles. The van der Waals surface area contributed by atoms with Crippen LogP contribution in [0.5, 0.6) is 17.2 Å². The highest BCUT2D eigenvalue weighted by Crippen LogP contribution is 2.33. The largest absolute Gasteiger partial charge is 0.511 e. The monoisotopic (exact) mass is 382 g/mol. The summed E-state index contributed by atoms with van der Waals surface area (Å²) in [6, 6.07) is 24.8. The first-order valence-corrected chi connectivity index (χ1v) is 11.5. The number of hydrogen-bond donors (Lipinski definition) is 1. The van der Waals surface area contributed by atoms with Crippen LogP contribution in [0.1, 0.15) is 12.5 Å². The molecule has 0 aromatic heterocycles. The number of para-hydroxylation sites is 3. The van der Waals surface area contributed by atoms with Crippen molar-refractivity contribution in [3.8, 4) is 17.2 Å². The molecular formula is C21H23O3PSi. The van der Waals surface area contributed by atoms with E-state index in [0.717, 1.165) is 22.8 Å². The first-order valence-electron chi connectivity index (χ1n) is 8.69. The highest BCUT2D eigenvalue weighted by atomic mass is 31.1. The number of phenols is 1. The van der Waals surface area contributed by atoms with Crippen LogP contribution in [0, 0.1) is 6.92 Å². The van der Waals surface area contributed by atoms with Gasteiger partial charge in [-0.2, -0.15) is 0 Å². The van der Waals surface area contributed by atoms with Crippen molar-refractivity contribution >= 4 is 28.5 Å². The first-order chi connectivity index (χ1) is 12.7. The molecule has 0 amide bonds. The number of aromatic hydroxyl groups is 1. The van der Waals surface area contributed by atoms with E-state index < -0.39 is 9.28 Å². The van der Waals surface area contributed by atoms with Gasteiger partial charge < -0.3 is 14.0 Å². The zero-order valence-electron chi connectivity index (χ0n) is 15.0. The maximum atomic E-state index is 9.63. The number of aryl methyl sites for hydroxylation is 1. The number of benzene rings is 3. The molecule has 0 saturated carbocycles. The molecule has 134 valence electrons. The number of fused-ring (bicyclic) bond motifs is 1. The van der Waals surface area contributed by atoms with Crippen molar-refractivity contribution in [2.24, 2.45) is 0 Å². The zero-order chi connectivity index (χ0) is 18.4. The third-order valence-electron chi connectivity index (χ3n) is 3.93. The Morgan fingerprint density at radius 3 is 2.00 bits per heavy atom. The van der Waals surface area contributed by atoms with Crippen LogP contribution < -0.4 is 19.5 Å². The standard InChI is InChI=1S/C13H13OP.C8H10O2Si/c1-10-6-8-11(9-7-10)15-13-5-3-2-4-12(13)14;1-2-11-9-7-5-3-4-6-8(7)10-11/h2-9,14-15H,1H3;3-6,11H,2H2,1H3. The average molecular weight is 382 g/mol. The fraction of sp³-hybridized carbons (Fsp3) is 0.143. The number of hydrogen-bond acceptors (Lipinski definition) is 3. The molecule has 1 aliphatic rings. The van der Waals surface area contributed by atoms with Gasteiger partial charge in [-0.1, -0.05) is 75.7 Å². The minimum Gasteiger partial charge on any atom is -0.511 e. The van der Waals surface area contributed by atoms with Gasteiger partial charge in [0.15, 0.2) is 0 Å². The first kappa shape index (κ1) is 18.5. The Balaban J connectivity index is 0.000000158. The molecule has 4 rings (SSSR count). The van der Waals surface area contributed by atoms with Gasteiger partial charge in [-0.05, 0) is 30.4 Å². The second-order valence-electron chi connectivity index (χ2n) is 6.03. The van der Waals surface area contributed by atoms with Gasteiger partial charge in [0, 0.05) is 11.3 Å². The average Bonchev–Trinajstić information content (AvgIpc) is 3.09. The summed E-state index contributed by atoms with van der Waals surface area (Å²) in [4.78, 5) is 0. The van der Waals surface area contributed by atoms with Gasteiger partial charge in [-0.15, -0.1) is 0 Å². The molecule has 0 spiro atoms. The van der Waals surface area contributed by atoms with Crippen LogP contribution in [0.25, 0.3) is 0 Å². The fourth-order valence-electron chi connectivity index (χ4n) is 2.49. The molecule has 0 bridgehead atoms. The predicted molar refractivity (Wildman–Crippen MR) is 112 cm³/mol. The lowest BCUT2D eigenvalue weighted by Gasteiger charge is -2.04. The Kier molecular flexibility index (Phi) is 6.32. The van der Waals surface area contributed by atoms with E-state index in [1.54, 1.807) is 6.07 Å². The van der Waals surface area contributed by atoms with Crippen molar-refractivity contribution in [2.45, 2.75) is 19.9 Å². The minimum absolute atomic E-state index is 0.386. The van der Waals surface area contributed by atoms with E-state index in [2.05, 4.69) is 38.1 Å². The second kappa shape index (κ2) is 8.88. The van der Waals surface area contributed by atoms with Crippen molar-refractivity contribution in [1.29, 1.82) is 0 Å². The third kappa shape index (κ3) is 4.87. The van der Waals surface area contributed by atoms with Crippen molar-refractivity contribution in [1.82, 2.24) is 0 Å². The van der Waals surface area contributed by atoms with Crippen LogP contribution in [0.15, 0.2) is 72.8 Å². The minimum atomic E-state index is -1.35. The number of rotatable bonds is 3. The number of phenolic OH excluding ortho intramolecular Hbond substituents is 1. The summed E-state index contributed by atoms with van der Waals surface area (Å²) < 4.78 is 11.1. The van der Waals surface area contributed by atoms with Gasteiger partial charge in [0.2, 0.25) is 0 Å². The molecule has 0 saturated heterocycles. The second-order valence-corrected chi connectivity index (χ2v) is 9.54. The normalized spacial score (nSPS) is 12.8. The van der Waals surface area contributed by atoms with E-state index in [4.69, 9.17) is 8.85 Å². The summed E-state index contributed by atoms with van der Waals surface area (Å²) in [6.45, 7) is 4.18. The van der Waals surface area contributed by atoms with Crippen molar-refractivity contribution in [3.05, 3.63) is 78.4 Å². The summed E-state index contributed by atoms with van der Waals surface area (Å²) in [5.74, 6) is 2.23. The molecule has 26 heavy (non-hydrogen) atoms. The van der Waals surface area contributed by atoms with Crippen LogP contribution >= 0.6 is 8.58 Å². The zero-order valence-corrected chi connectivity index (χ0v) is 17.1. The van der Waals surface area contributed by atoms with Crippen molar-refractivity contribution in [3.63, 3.8) is 0 Å². The Hall–Kier alpha value is -2.29. The van der Waals surface area contributed by atoms with Crippen molar-refractivity contribution < 1.29 is 14.0 Å². The smallest absolute Gasteiger partial charge is 0.444 e. The highest BCUT2D eigenvalue weighted by Gasteiger charge is 2.24. The summed E-state index contributed by atoms with van der Waals surface area (Å²) in [5, 5.41) is 11.9. The molecule has 1 heterocycles. The van der Waals surface area contributed by atoms with E-state index in [-0.39, 0.29) is 0 Å². The lowest BCUT2D eigenvalue weighted by molar-refractivity contribution is 0.480. The molecule has 5 heteroatoms. The maximum Gasteiger partial charge on any atom is 0.444 e. The SMILES string of the molecule is CC[SiH]1Oc2ccccc2O1.Cc1ccc(Pc2ccccc2O)cc1. The lowest BCUT2D eigenvalue weighted by Crippen LogP contribution is -2.22. The van der Waals surface area contributed by atoms with Gasteiger partial charge in [-0.3, -0.25) is 0 Å². The lowest BCUT2D eigenvalue weighted by atomic mass is 10.2. The molecule has 1 aliphatic heterocycles. The molecule has 1 N–H and O–H groups in total. The van der Waals surface area contributed by atoms with E-state index in [9.17, 15) is 5.11 Å².